The van der Waals surface area contributed by atoms with Crippen LogP contribution in [0.3, 0.4) is 0 Å². The van der Waals surface area contributed by atoms with Gasteiger partial charge in [-0.15, -0.1) is 0 Å². The van der Waals surface area contributed by atoms with Gasteiger partial charge >= 0.3 is 0 Å². The van der Waals surface area contributed by atoms with Crippen LogP contribution in [-0.4, -0.2) is 5.78 Å². The summed E-state index contributed by atoms with van der Waals surface area (Å²) < 4.78 is 0. The third-order valence-electron chi connectivity index (χ3n) is 2.09. The molecule has 0 spiro atoms. The van der Waals surface area contributed by atoms with E-state index in [9.17, 15) is 4.79 Å². The van der Waals surface area contributed by atoms with Gasteiger partial charge in [-0.2, -0.15) is 0 Å². The van der Waals surface area contributed by atoms with Gasteiger partial charge in [-0.3, -0.25) is 0 Å². The van der Waals surface area contributed by atoms with Gasteiger partial charge in [-0.05, 0) is 47.0 Å². The van der Waals surface area contributed by atoms with E-state index in [1.807, 2.05) is 0 Å². The lowest BCUT2D eigenvalue weighted by Crippen LogP contribution is -1.89. The fraction of sp³-hybridized carbons (Fsp3) is 0.615. The highest BCUT2D eigenvalue weighted by Gasteiger charge is 1.94. The molecule has 1 nitrogen and oxygen atoms in total. The van der Waals surface area contributed by atoms with Gasteiger partial charge in [0.05, 0.1) is 0 Å². The minimum Gasteiger partial charge on any atom is -0.300 e. The van der Waals surface area contributed by atoms with E-state index < -0.39 is 0 Å². The molecular weight excluding hydrogens is 172 g/mol. The lowest BCUT2D eigenvalue weighted by Gasteiger charge is -1.99. The number of hydrogen-bond donors (Lipinski definition) is 0. The number of carbonyl (C=O) groups excluding carboxylic acids is 1. The molecule has 0 aliphatic rings. The average molecular weight is 194 g/mol. The Balaban J connectivity index is 3.67. The summed E-state index contributed by atoms with van der Waals surface area (Å²) in [6.07, 6.45) is 8.24. The van der Waals surface area contributed by atoms with Gasteiger partial charge in [-0.1, -0.05) is 23.3 Å². The van der Waals surface area contributed by atoms with Crippen molar-refractivity contribution in [2.24, 2.45) is 0 Å². The summed E-state index contributed by atoms with van der Waals surface area (Å²) in [7, 11) is 0. The first-order valence-electron chi connectivity index (χ1n) is 5.31. The molecule has 0 aromatic heterocycles. The van der Waals surface area contributed by atoms with Gasteiger partial charge < -0.3 is 4.79 Å². The third kappa shape index (κ3) is 9.24. The maximum absolute atomic E-state index is 10.7. The van der Waals surface area contributed by atoms with Crippen LogP contribution in [0, 0.1) is 0 Å². The van der Waals surface area contributed by atoms with Gasteiger partial charge in [0.1, 0.15) is 5.78 Å². The van der Waals surface area contributed by atoms with E-state index in [-0.39, 0.29) is 0 Å². The van der Waals surface area contributed by atoms with Crippen molar-refractivity contribution in [3.8, 4) is 0 Å². The highest BCUT2D eigenvalue weighted by molar-refractivity contribution is 5.75. The van der Waals surface area contributed by atoms with Gasteiger partial charge in [0, 0.05) is 6.42 Å². The molecule has 0 aliphatic heterocycles. The Labute approximate surface area is 87.9 Å². The molecule has 80 valence electrons. The molecule has 0 rings (SSSR count). The maximum atomic E-state index is 10.7. The predicted molar refractivity (Wildman–Crippen MR) is 62.3 cm³/mol. The number of Topliss-reactive ketones (excluding diaryl/α,β-unsaturated/α-hetero) is 1. The number of allylic oxidation sites excluding steroid dienone is 4. The SMILES string of the molecule is CC(=O)CCCC(C)=CCC=C(C)C. The number of ketones is 1. The topological polar surface area (TPSA) is 17.1 Å². The molecule has 0 saturated heterocycles. The zero-order chi connectivity index (χ0) is 11.0. The fourth-order valence-corrected chi connectivity index (χ4v) is 1.21. The Bertz CT molecular complexity index is 230. The minimum absolute atomic E-state index is 0.294. The van der Waals surface area contributed by atoms with Crippen molar-refractivity contribution in [2.45, 2.75) is 53.4 Å². The fourth-order valence-electron chi connectivity index (χ4n) is 1.21. The first-order valence-corrected chi connectivity index (χ1v) is 5.31. The zero-order valence-corrected chi connectivity index (χ0v) is 9.89. The molecule has 0 unspecified atom stereocenters. The van der Waals surface area contributed by atoms with E-state index in [1.54, 1.807) is 6.92 Å². The lowest BCUT2D eigenvalue weighted by atomic mass is 10.1. The Morgan fingerprint density at radius 2 is 1.64 bits per heavy atom. The number of hydrogen-bond acceptors (Lipinski definition) is 1. The van der Waals surface area contributed by atoms with Crippen LogP contribution < -0.4 is 0 Å². The number of carbonyl (C=O) groups is 1. The summed E-state index contributed by atoms with van der Waals surface area (Å²) in [6, 6.07) is 0. The molecule has 0 N–H and O–H groups in total. The normalized spacial score (nSPS) is 11.3. The molecule has 0 aromatic carbocycles. The van der Waals surface area contributed by atoms with Crippen molar-refractivity contribution in [2.75, 3.05) is 0 Å². The zero-order valence-electron chi connectivity index (χ0n) is 9.89. The molecule has 0 radical (unpaired) electrons. The third-order valence-corrected chi connectivity index (χ3v) is 2.09. The van der Waals surface area contributed by atoms with Crippen LogP contribution in [0.15, 0.2) is 23.3 Å². The summed E-state index contributed by atoms with van der Waals surface area (Å²) in [5, 5.41) is 0. The van der Waals surface area contributed by atoms with Gasteiger partial charge in [0.15, 0.2) is 0 Å². The monoisotopic (exact) mass is 194 g/mol. The Kier molecular flexibility index (Phi) is 7.09. The minimum atomic E-state index is 0.294. The molecule has 14 heavy (non-hydrogen) atoms. The van der Waals surface area contributed by atoms with E-state index in [0.717, 1.165) is 19.3 Å². The highest BCUT2D eigenvalue weighted by Crippen LogP contribution is 2.08. The first-order chi connectivity index (χ1) is 6.52. The molecular formula is C13H22O. The highest BCUT2D eigenvalue weighted by atomic mass is 16.1. The predicted octanol–water partition coefficient (Wildman–Crippen LogP) is 4.05. The standard InChI is InChI=1S/C13H22O/c1-11(2)7-5-8-12(3)9-6-10-13(4)14/h7-8H,5-6,9-10H2,1-4H3. The lowest BCUT2D eigenvalue weighted by molar-refractivity contribution is -0.117. The van der Waals surface area contributed by atoms with Crippen LogP contribution in [0.2, 0.25) is 0 Å². The molecule has 0 bridgehead atoms. The summed E-state index contributed by atoms with van der Waals surface area (Å²) in [5.41, 5.74) is 2.75. The second-order valence-electron chi connectivity index (χ2n) is 4.12. The van der Waals surface area contributed by atoms with E-state index in [2.05, 4.69) is 32.9 Å². The Morgan fingerprint density at radius 3 is 2.14 bits per heavy atom. The molecule has 0 aromatic rings. The van der Waals surface area contributed by atoms with Gasteiger partial charge in [0.25, 0.3) is 0 Å². The van der Waals surface area contributed by atoms with Crippen LogP contribution in [0.1, 0.15) is 53.4 Å². The Hall–Kier alpha value is -0.850. The summed E-state index contributed by atoms with van der Waals surface area (Å²) >= 11 is 0. The van der Waals surface area contributed by atoms with Crippen LogP contribution >= 0.6 is 0 Å². The van der Waals surface area contributed by atoms with Crippen LogP contribution in [0.5, 0.6) is 0 Å². The summed E-state index contributed by atoms with van der Waals surface area (Å²) in [5.74, 6) is 0.294. The van der Waals surface area contributed by atoms with Crippen molar-refractivity contribution in [3.05, 3.63) is 23.3 Å². The smallest absolute Gasteiger partial charge is 0.129 e. The van der Waals surface area contributed by atoms with E-state index in [4.69, 9.17) is 0 Å². The van der Waals surface area contributed by atoms with E-state index in [1.165, 1.54) is 11.1 Å². The largest absolute Gasteiger partial charge is 0.300 e. The maximum Gasteiger partial charge on any atom is 0.129 e. The van der Waals surface area contributed by atoms with Gasteiger partial charge in [0.2, 0.25) is 0 Å². The molecule has 0 amide bonds. The van der Waals surface area contributed by atoms with E-state index >= 15 is 0 Å². The quantitative estimate of drug-likeness (QED) is 0.583. The van der Waals surface area contributed by atoms with Crippen molar-refractivity contribution in [3.63, 3.8) is 0 Å². The second kappa shape index (κ2) is 7.54. The van der Waals surface area contributed by atoms with Gasteiger partial charge in [-0.25, -0.2) is 0 Å². The van der Waals surface area contributed by atoms with Crippen molar-refractivity contribution in [1.29, 1.82) is 0 Å². The number of rotatable bonds is 6. The second-order valence-corrected chi connectivity index (χ2v) is 4.12. The first kappa shape index (κ1) is 13.2. The average Bonchev–Trinajstić information content (AvgIpc) is 2.02. The summed E-state index contributed by atoms with van der Waals surface area (Å²) in [6.45, 7) is 8.01. The molecule has 0 heterocycles. The van der Waals surface area contributed by atoms with Crippen LogP contribution in [0.4, 0.5) is 0 Å². The Morgan fingerprint density at radius 1 is 1.00 bits per heavy atom. The van der Waals surface area contributed by atoms with Crippen molar-refractivity contribution >= 4 is 5.78 Å². The molecule has 0 fully saturated rings. The van der Waals surface area contributed by atoms with E-state index in [0.29, 0.717) is 12.2 Å². The molecule has 0 atom stereocenters. The van der Waals surface area contributed by atoms with Crippen molar-refractivity contribution in [1.82, 2.24) is 0 Å². The van der Waals surface area contributed by atoms with Crippen LogP contribution in [0.25, 0.3) is 0 Å². The molecule has 1 heteroatoms. The van der Waals surface area contributed by atoms with Crippen molar-refractivity contribution < 1.29 is 4.79 Å². The molecule has 0 saturated carbocycles. The van der Waals surface area contributed by atoms with Crippen LogP contribution in [-0.2, 0) is 4.79 Å². The summed E-state index contributed by atoms with van der Waals surface area (Å²) in [4.78, 5) is 10.7. The molecule has 0 aliphatic carbocycles.